The molecular formula is C15H11F9O4. The van der Waals surface area contributed by atoms with Gasteiger partial charge in [0, 0.05) is 11.6 Å². The summed E-state index contributed by atoms with van der Waals surface area (Å²) >= 11 is 0. The van der Waals surface area contributed by atoms with Crippen molar-refractivity contribution in [3.63, 3.8) is 0 Å². The van der Waals surface area contributed by atoms with Gasteiger partial charge in [-0.25, -0.2) is 4.79 Å². The van der Waals surface area contributed by atoms with Gasteiger partial charge >= 0.3 is 24.5 Å². The van der Waals surface area contributed by atoms with Crippen LogP contribution in [0.3, 0.4) is 0 Å². The molecule has 158 valence electrons. The lowest BCUT2D eigenvalue weighted by molar-refractivity contribution is -0.376. The average Bonchev–Trinajstić information content (AvgIpc) is 2.50. The molecule has 0 fully saturated rings. The molecule has 2 N–H and O–H groups in total. The Kier molecular flexibility index (Phi) is 5.90. The molecule has 0 saturated carbocycles. The van der Waals surface area contributed by atoms with E-state index in [1.165, 1.54) is 0 Å². The molecule has 4 nitrogen and oxygen atoms in total. The largest absolute Gasteiger partial charge is 0.430 e. The van der Waals surface area contributed by atoms with Crippen molar-refractivity contribution in [3.8, 4) is 5.75 Å². The molecule has 1 rings (SSSR count). The van der Waals surface area contributed by atoms with Gasteiger partial charge < -0.3 is 14.9 Å². The van der Waals surface area contributed by atoms with Crippen LogP contribution in [0.25, 0.3) is 0 Å². The number of alkyl halides is 9. The SMILES string of the molecule is C=CC(=O)Oc1cc(C(C)(O)C(F)(F)F)cc(C(O)(C(F)(F)F)C(F)(F)F)c1. The molecule has 0 radical (unpaired) electrons. The predicted molar refractivity (Wildman–Crippen MR) is 73.9 cm³/mol. The van der Waals surface area contributed by atoms with Crippen molar-refractivity contribution in [3.05, 3.63) is 42.0 Å². The summed E-state index contributed by atoms with van der Waals surface area (Å²) in [6, 6.07) is -0.260. The first-order chi connectivity index (χ1) is 12.3. The topological polar surface area (TPSA) is 66.8 Å². The van der Waals surface area contributed by atoms with Crippen LogP contribution in [0.2, 0.25) is 0 Å². The smallest absolute Gasteiger partial charge is 0.423 e. The number of hydrogen-bond donors (Lipinski definition) is 2. The number of esters is 1. The highest BCUT2D eigenvalue weighted by atomic mass is 19.4. The van der Waals surface area contributed by atoms with Crippen molar-refractivity contribution in [2.75, 3.05) is 0 Å². The molecule has 0 aliphatic heterocycles. The minimum Gasteiger partial charge on any atom is -0.423 e. The fourth-order valence-corrected chi connectivity index (χ4v) is 1.96. The van der Waals surface area contributed by atoms with E-state index in [4.69, 9.17) is 0 Å². The Bertz CT molecular complexity index is 746. The molecule has 0 aromatic heterocycles. The second-order valence-electron chi connectivity index (χ2n) is 5.65. The third-order valence-corrected chi connectivity index (χ3v) is 3.64. The molecular weight excluding hydrogens is 415 g/mol. The van der Waals surface area contributed by atoms with E-state index in [0.717, 1.165) is 0 Å². The van der Waals surface area contributed by atoms with E-state index in [9.17, 15) is 54.5 Å². The van der Waals surface area contributed by atoms with Crippen molar-refractivity contribution in [1.82, 2.24) is 0 Å². The lowest BCUT2D eigenvalue weighted by Crippen LogP contribution is -2.54. The molecule has 0 saturated heterocycles. The van der Waals surface area contributed by atoms with Crippen LogP contribution in [0.1, 0.15) is 18.1 Å². The number of halogens is 9. The molecule has 0 amide bonds. The Morgan fingerprint density at radius 2 is 1.32 bits per heavy atom. The lowest BCUT2D eigenvalue weighted by Gasteiger charge is -2.34. The summed E-state index contributed by atoms with van der Waals surface area (Å²) in [4.78, 5) is 11.2. The fourth-order valence-electron chi connectivity index (χ4n) is 1.96. The number of rotatable bonds is 4. The molecule has 1 aromatic carbocycles. The van der Waals surface area contributed by atoms with Crippen LogP contribution in [0.4, 0.5) is 39.5 Å². The van der Waals surface area contributed by atoms with Crippen LogP contribution in [0, 0.1) is 0 Å². The number of aliphatic hydroxyl groups is 2. The fraction of sp³-hybridized carbons (Fsp3) is 0.400. The second kappa shape index (κ2) is 6.95. The molecule has 0 heterocycles. The quantitative estimate of drug-likeness (QED) is 0.332. The molecule has 0 aliphatic rings. The molecule has 1 unspecified atom stereocenters. The van der Waals surface area contributed by atoms with Gasteiger partial charge in [-0.1, -0.05) is 6.58 Å². The molecule has 1 aromatic rings. The number of hydrogen-bond acceptors (Lipinski definition) is 4. The van der Waals surface area contributed by atoms with E-state index < -0.39 is 52.6 Å². The Labute approximate surface area is 150 Å². The summed E-state index contributed by atoms with van der Waals surface area (Å²) in [7, 11) is 0. The van der Waals surface area contributed by atoms with E-state index in [-0.39, 0.29) is 25.1 Å². The van der Waals surface area contributed by atoms with Gasteiger partial charge in [-0.3, -0.25) is 0 Å². The average molecular weight is 426 g/mol. The van der Waals surface area contributed by atoms with Gasteiger partial charge in [-0.05, 0) is 30.7 Å². The van der Waals surface area contributed by atoms with Gasteiger partial charge in [0.1, 0.15) is 5.75 Å². The van der Waals surface area contributed by atoms with Crippen LogP contribution in [-0.2, 0) is 16.0 Å². The van der Waals surface area contributed by atoms with E-state index in [2.05, 4.69) is 11.3 Å². The molecule has 1 atom stereocenters. The highest BCUT2D eigenvalue weighted by Crippen LogP contribution is 2.51. The molecule has 0 bridgehead atoms. The minimum absolute atomic E-state index is 0.0471. The zero-order chi connectivity index (χ0) is 22.3. The Morgan fingerprint density at radius 1 is 0.893 bits per heavy atom. The van der Waals surface area contributed by atoms with E-state index in [1.807, 2.05) is 0 Å². The van der Waals surface area contributed by atoms with E-state index in [0.29, 0.717) is 6.08 Å². The normalized spacial score (nSPS) is 15.7. The molecule has 0 spiro atoms. The second-order valence-corrected chi connectivity index (χ2v) is 5.65. The van der Waals surface area contributed by atoms with Gasteiger partial charge in [0.15, 0.2) is 5.60 Å². The van der Waals surface area contributed by atoms with Gasteiger partial charge in [-0.2, -0.15) is 39.5 Å². The van der Waals surface area contributed by atoms with Crippen molar-refractivity contribution in [2.45, 2.75) is 36.7 Å². The van der Waals surface area contributed by atoms with Gasteiger partial charge in [0.2, 0.25) is 0 Å². The summed E-state index contributed by atoms with van der Waals surface area (Å²) < 4.78 is 121. The predicted octanol–water partition coefficient (Wildman–Crippen LogP) is 3.86. The first-order valence-corrected chi connectivity index (χ1v) is 6.94. The highest BCUT2D eigenvalue weighted by molar-refractivity contribution is 5.83. The van der Waals surface area contributed by atoms with Crippen LogP contribution < -0.4 is 4.74 Å². The van der Waals surface area contributed by atoms with Crippen molar-refractivity contribution in [1.29, 1.82) is 0 Å². The first-order valence-electron chi connectivity index (χ1n) is 6.94. The number of benzene rings is 1. The van der Waals surface area contributed by atoms with Crippen LogP contribution in [0.5, 0.6) is 5.75 Å². The van der Waals surface area contributed by atoms with Gasteiger partial charge in [0.25, 0.3) is 5.60 Å². The maximum absolute atomic E-state index is 13.0. The number of carbonyl (C=O) groups excluding carboxylic acids is 1. The van der Waals surface area contributed by atoms with Crippen molar-refractivity contribution < 1.29 is 59.3 Å². The van der Waals surface area contributed by atoms with Crippen molar-refractivity contribution in [2.24, 2.45) is 0 Å². The minimum atomic E-state index is -6.42. The molecule has 13 heteroatoms. The van der Waals surface area contributed by atoms with Crippen LogP contribution >= 0.6 is 0 Å². The zero-order valence-electron chi connectivity index (χ0n) is 13.6. The van der Waals surface area contributed by atoms with E-state index in [1.54, 1.807) is 0 Å². The van der Waals surface area contributed by atoms with Crippen LogP contribution in [0.15, 0.2) is 30.9 Å². The Hall–Kier alpha value is -2.28. The third-order valence-electron chi connectivity index (χ3n) is 3.64. The number of carbonyl (C=O) groups is 1. The monoisotopic (exact) mass is 426 g/mol. The van der Waals surface area contributed by atoms with Crippen LogP contribution in [-0.4, -0.2) is 34.7 Å². The first kappa shape index (κ1) is 23.8. The summed E-state index contributed by atoms with van der Waals surface area (Å²) in [6.07, 6.45) is -18.0. The van der Waals surface area contributed by atoms with Gasteiger partial charge in [0.05, 0.1) is 0 Å². The molecule has 0 aliphatic carbocycles. The molecule has 28 heavy (non-hydrogen) atoms. The lowest BCUT2D eigenvalue weighted by atomic mass is 9.86. The summed E-state index contributed by atoms with van der Waals surface area (Å²) in [6.45, 7) is 2.95. The van der Waals surface area contributed by atoms with E-state index >= 15 is 0 Å². The number of ether oxygens (including phenoxy) is 1. The highest BCUT2D eigenvalue weighted by Gasteiger charge is 2.71. The summed E-state index contributed by atoms with van der Waals surface area (Å²) in [5.41, 5.74) is -13.3. The maximum atomic E-state index is 13.0. The van der Waals surface area contributed by atoms with Crippen molar-refractivity contribution >= 4 is 5.97 Å². The standard InChI is InChI=1S/C15H11F9O4/c1-3-10(25)28-9-5-7(11(2,26)13(16,17)18)4-8(6-9)12(27,14(19,20)21)15(22,23)24/h3-6,26-27H,1H2,2H3. The third kappa shape index (κ3) is 4.09. The zero-order valence-corrected chi connectivity index (χ0v) is 13.6. The van der Waals surface area contributed by atoms with Gasteiger partial charge in [-0.15, -0.1) is 0 Å². The maximum Gasteiger partial charge on any atom is 0.430 e. The summed E-state index contributed by atoms with van der Waals surface area (Å²) in [5.74, 6) is -2.66. The Balaban J connectivity index is 3.89. The summed E-state index contributed by atoms with van der Waals surface area (Å²) in [5, 5.41) is 19.0. The Morgan fingerprint density at radius 3 is 1.68 bits per heavy atom.